The van der Waals surface area contributed by atoms with Crippen molar-refractivity contribution in [3.63, 3.8) is 0 Å². The van der Waals surface area contributed by atoms with E-state index in [1.165, 1.54) is 32.1 Å². The maximum absolute atomic E-state index is 10.1. The number of nitrogens with zero attached hydrogens (tertiary/aromatic N) is 1. The summed E-state index contributed by atoms with van der Waals surface area (Å²) in [7, 11) is 0. The van der Waals surface area contributed by atoms with Crippen molar-refractivity contribution in [2.24, 2.45) is 23.2 Å². The molecule has 5 rings (SSSR count). The topological polar surface area (TPSA) is 41.9 Å². The molecule has 1 heterocycles. The van der Waals surface area contributed by atoms with Crippen molar-refractivity contribution in [3.05, 3.63) is 0 Å². The van der Waals surface area contributed by atoms with Gasteiger partial charge in [0, 0.05) is 26.2 Å². The number of aliphatic hydroxyl groups is 1. The third-order valence-electron chi connectivity index (χ3n) is 7.29. The number of aliphatic hydroxyl groups excluding tert-OH is 1. The van der Waals surface area contributed by atoms with Gasteiger partial charge in [-0.2, -0.15) is 0 Å². The van der Waals surface area contributed by atoms with E-state index >= 15 is 0 Å². The van der Waals surface area contributed by atoms with E-state index in [4.69, 9.17) is 9.47 Å². The van der Waals surface area contributed by atoms with Gasteiger partial charge in [-0.25, -0.2) is 0 Å². The van der Waals surface area contributed by atoms with E-state index < -0.39 is 0 Å². The van der Waals surface area contributed by atoms with Crippen molar-refractivity contribution in [1.29, 1.82) is 0 Å². The van der Waals surface area contributed by atoms with Crippen molar-refractivity contribution in [3.8, 4) is 0 Å². The Bertz CT molecular complexity index is 386. The summed E-state index contributed by atoms with van der Waals surface area (Å²) >= 11 is 0. The first-order chi connectivity index (χ1) is 12.2. The fourth-order valence-corrected chi connectivity index (χ4v) is 6.65. The molecule has 1 N–H and O–H groups in total. The average Bonchev–Trinajstić information content (AvgIpc) is 2.57. The molecule has 25 heavy (non-hydrogen) atoms. The smallest absolute Gasteiger partial charge is 0.0900 e. The summed E-state index contributed by atoms with van der Waals surface area (Å²) in [5, 5.41) is 10.1. The van der Waals surface area contributed by atoms with Gasteiger partial charge in [0.25, 0.3) is 0 Å². The first kappa shape index (κ1) is 18.2. The van der Waals surface area contributed by atoms with E-state index in [2.05, 4.69) is 4.90 Å². The Labute approximate surface area is 153 Å². The molecule has 5 aliphatic rings. The molecule has 1 unspecified atom stereocenters. The normalized spacial score (nSPS) is 39.0. The van der Waals surface area contributed by atoms with E-state index in [1.807, 2.05) is 0 Å². The predicted octanol–water partition coefficient (Wildman–Crippen LogP) is 3.08. The lowest BCUT2D eigenvalue weighted by Crippen LogP contribution is -2.45. The molecule has 1 saturated heterocycles. The molecule has 0 amide bonds. The molecule has 0 aromatic rings. The molecule has 4 bridgehead atoms. The molecule has 4 saturated carbocycles. The number of rotatable bonds is 9. The number of unbranched alkanes of at least 4 members (excludes halogenated alkanes) is 1. The van der Waals surface area contributed by atoms with Crippen molar-refractivity contribution in [1.82, 2.24) is 4.90 Å². The molecule has 144 valence electrons. The minimum atomic E-state index is -0.360. The third kappa shape index (κ3) is 4.77. The second-order valence-corrected chi connectivity index (χ2v) is 9.52. The molecule has 1 atom stereocenters. The fourth-order valence-electron chi connectivity index (χ4n) is 6.65. The van der Waals surface area contributed by atoms with Gasteiger partial charge in [-0.05, 0) is 74.5 Å². The zero-order valence-corrected chi connectivity index (χ0v) is 15.8. The van der Waals surface area contributed by atoms with Gasteiger partial charge in [-0.1, -0.05) is 6.42 Å². The van der Waals surface area contributed by atoms with E-state index in [9.17, 15) is 5.11 Å². The summed E-state index contributed by atoms with van der Waals surface area (Å²) in [6.45, 7) is 5.46. The van der Waals surface area contributed by atoms with Crippen LogP contribution in [0.5, 0.6) is 0 Å². The van der Waals surface area contributed by atoms with Crippen molar-refractivity contribution >= 4 is 0 Å². The zero-order valence-electron chi connectivity index (χ0n) is 15.8. The van der Waals surface area contributed by atoms with E-state index in [-0.39, 0.29) is 6.10 Å². The number of ether oxygens (including phenoxy) is 2. The minimum absolute atomic E-state index is 0.360. The lowest BCUT2D eigenvalue weighted by molar-refractivity contribution is -0.0595. The van der Waals surface area contributed by atoms with E-state index in [0.29, 0.717) is 12.0 Å². The van der Waals surface area contributed by atoms with Crippen LogP contribution in [0, 0.1) is 23.2 Å². The van der Waals surface area contributed by atoms with Gasteiger partial charge in [-0.3, -0.25) is 4.90 Å². The summed E-state index contributed by atoms with van der Waals surface area (Å²) in [5.41, 5.74) is 0.713. The molecule has 4 aliphatic carbocycles. The molecule has 0 radical (unpaired) electrons. The van der Waals surface area contributed by atoms with Gasteiger partial charge < -0.3 is 14.6 Å². The Hall–Kier alpha value is -0.160. The van der Waals surface area contributed by atoms with Gasteiger partial charge >= 0.3 is 0 Å². The average molecular weight is 352 g/mol. The minimum Gasteiger partial charge on any atom is -0.389 e. The molecule has 4 heteroatoms. The van der Waals surface area contributed by atoms with Crippen molar-refractivity contribution < 1.29 is 14.6 Å². The van der Waals surface area contributed by atoms with E-state index in [1.54, 1.807) is 19.3 Å². The molecule has 0 aromatic carbocycles. The third-order valence-corrected chi connectivity index (χ3v) is 7.29. The molecule has 4 nitrogen and oxygen atoms in total. The van der Waals surface area contributed by atoms with Crippen LogP contribution in [0.2, 0.25) is 0 Å². The van der Waals surface area contributed by atoms with Crippen molar-refractivity contribution in [2.75, 3.05) is 46.1 Å². The Morgan fingerprint density at radius 1 is 1.00 bits per heavy atom. The Morgan fingerprint density at radius 2 is 1.64 bits per heavy atom. The molecule has 5 fully saturated rings. The predicted molar refractivity (Wildman–Crippen MR) is 98.5 cm³/mol. The molecule has 1 aliphatic heterocycles. The summed E-state index contributed by atoms with van der Waals surface area (Å²) in [6, 6.07) is 0. The Kier molecular flexibility index (Phi) is 6.01. The molecular formula is C21H37NO3. The SMILES string of the molecule is OC(COCCCCC12CC3CC(CC(C3)C1)C2)CN1CCOCC1. The number of morpholine rings is 1. The van der Waals surface area contributed by atoms with Crippen molar-refractivity contribution in [2.45, 2.75) is 63.9 Å². The lowest BCUT2D eigenvalue weighted by Gasteiger charge is -2.57. The number of β-amino-alcohol motifs (C(OH)–C–C–N with tert-alkyl or cyclic N) is 1. The zero-order chi connectivity index (χ0) is 17.1. The highest BCUT2D eigenvalue weighted by Gasteiger charge is 2.50. The quantitative estimate of drug-likeness (QED) is 0.648. The summed E-state index contributed by atoms with van der Waals surface area (Å²) in [6.07, 6.45) is 12.7. The fraction of sp³-hybridized carbons (Fsp3) is 1.00. The number of hydrogen-bond donors (Lipinski definition) is 1. The van der Waals surface area contributed by atoms with Gasteiger partial charge in [0.15, 0.2) is 0 Å². The Balaban J connectivity index is 1.07. The summed E-state index contributed by atoms with van der Waals surface area (Å²) in [4.78, 5) is 2.27. The van der Waals surface area contributed by atoms with E-state index in [0.717, 1.165) is 63.6 Å². The van der Waals surface area contributed by atoms with Gasteiger partial charge in [0.05, 0.1) is 25.9 Å². The highest BCUT2D eigenvalue weighted by Crippen LogP contribution is 2.61. The van der Waals surface area contributed by atoms with Crippen LogP contribution < -0.4 is 0 Å². The summed E-state index contributed by atoms with van der Waals surface area (Å²) in [5.74, 6) is 3.20. The van der Waals surface area contributed by atoms with Crippen LogP contribution in [-0.4, -0.2) is 62.2 Å². The van der Waals surface area contributed by atoms with Crippen LogP contribution in [0.3, 0.4) is 0 Å². The Morgan fingerprint density at radius 3 is 2.28 bits per heavy atom. The van der Waals surface area contributed by atoms with Gasteiger partial charge in [-0.15, -0.1) is 0 Å². The van der Waals surface area contributed by atoms with Gasteiger partial charge in [0.2, 0.25) is 0 Å². The number of hydrogen-bond acceptors (Lipinski definition) is 4. The van der Waals surface area contributed by atoms with Crippen LogP contribution in [0.15, 0.2) is 0 Å². The lowest BCUT2D eigenvalue weighted by atomic mass is 9.48. The maximum Gasteiger partial charge on any atom is 0.0900 e. The molecule has 0 aromatic heterocycles. The maximum atomic E-state index is 10.1. The molecule has 0 spiro atoms. The van der Waals surface area contributed by atoms with Crippen LogP contribution in [0.25, 0.3) is 0 Å². The van der Waals surface area contributed by atoms with Crippen LogP contribution in [0.1, 0.15) is 57.8 Å². The van der Waals surface area contributed by atoms with Crippen LogP contribution in [0.4, 0.5) is 0 Å². The summed E-state index contributed by atoms with van der Waals surface area (Å²) < 4.78 is 11.1. The second kappa shape index (κ2) is 8.24. The highest BCUT2D eigenvalue weighted by molar-refractivity contribution is 5.01. The largest absolute Gasteiger partial charge is 0.389 e. The first-order valence-corrected chi connectivity index (χ1v) is 10.8. The van der Waals surface area contributed by atoms with Gasteiger partial charge in [0.1, 0.15) is 0 Å². The molecular weight excluding hydrogens is 314 g/mol. The standard InChI is InChI=1S/C21H37NO3/c23-20(15-22-4-7-24-8-5-22)16-25-6-2-1-3-21-12-17-9-18(13-21)11-19(10-17)14-21/h17-20,23H,1-16H2. The monoisotopic (exact) mass is 351 g/mol. The van der Waals surface area contributed by atoms with Crippen LogP contribution >= 0.6 is 0 Å². The highest BCUT2D eigenvalue weighted by atomic mass is 16.5. The first-order valence-electron chi connectivity index (χ1n) is 10.8. The van der Waals surface area contributed by atoms with Crippen LogP contribution in [-0.2, 0) is 9.47 Å². The second-order valence-electron chi connectivity index (χ2n) is 9.52.